The van der Waals surface area contributed by atoms with Gasteiger partial charge in [0.15, 0.2) is 0 Å². The summed E-state index contributed by atoms with van der Waals surface area (Å²) in [6.45, 7) is 3.53. The molecule has 0 aliphatic carbocycles. The molecule has 0 atom stereocenters. The Morgan fingerprint density at radius 1 is 2.25 bits per heavy atom. The standard InChI is InChI=1S/C3H5.Hg.H/c1-3-2;;/h3H,1-2H2;;/q;;-1. The van der Waals surface area contributed by atoms with Crippen LogP contribution < -0.4 is 0 Å². The molecule has 0 amide bonds. The third kappa shape index (κ3) is 2.68. The summed E-state index contributed by atoms with van der Waals surface area (Å²) >= 11 is 0.955. The van der Waals surface area contributed by atoms with Gasteiger partial charge in [-0.3, -0.25) is 0 Å². The molecule has 0 aromatic carbocycles. The van der Waals surface area contributed by atoms with Crippen molar-refractivity contribution in [2.75, 3.05) is 0 Å². The summed E-state index contributed by atoms with van der Waals surface area (Å²) in [5, 5.41) is 0. The second-order valence-electron chi connectivity index (χ2n) is 0.577. The minimum Gasteiger partial charge on any atom is -1.00 e. The van der Waals surface area contributed by atoms with Gasteiger partial charge in [-0.2, -0.15) is 0 Å². The molecule has 0 saturated heterocycles. The molecule has 0 aromatic rings. The largest absolute Gasteiger partial charge is 1.00 e. The number of hydrogen-bond acceptors (Lipinski definition) is 0. The summed E-state index contributed by atoms with van der Waals surface area (Å²) in [5.41, 5.74) is 0. The van der Waals surface area contributed by atoms with Crippen LogP contribution in [-0.4, -0.2) is 0 Å². The van der Waals surface area contributed by atoms with Crippen molar-refractivity contribution in [2.24, 2.45) is 0 Å². The maximum absolute atomic E-state index is 3.53. The third-order valence-electron chi connectivity index (χ3n) is 0.204. The van der Waals surface area contributed by atoms with Crippen LogP contribution >= 0.6 is 0 Å². The van der Waals surface area contributed by atoms with Crippen LogP contribution in [0.15, 0.2) is 12.7 Å². The van der Waals surface area contributed by atoms with Crippen molar-refractivity contribution in [3.05, 3.63) is 12.7 Å². The van der Waals surface area contributed by atoms with Crippen LogP contribution in [-0.2, 0) is 26.1 Å². The van der Waals surface area contributed by atoms with Gasteiger partial charge in [0.25, 0.3) is 0 Å². The van der Waals surface area contributed by atoms with Gasteiger partial charge in [0, 0.05) is 0 Å². The number of allylic oxidation sites excluding steroid dienone is 1. The Morgan fingerprint density at radius 2 is 2.50 bits per heavy atom. The Bertz CT molecular complexity index is 20.9. The van der Waals surface area contributed by atoms with Crippen LogP contribution in [0.2, 0.25) is 3.93 Å². The summed E-state index contributed by atoms with van der Waals surface area (Å²) in [7, 11) is 0. The molecule has 0 N–H and O–H groups in total. The second kappa shape index (κ2) is 3.68. The Labute approximate surface area is 44.4 Å². The summed E-state index contributed by atoms with van der Waals surface area (Å²) in [4.78, 5) is 0. The van der Waals surface area contributed by atoms with Crippen molar-refractivity contribution in [2.45, 2.75) is 3.93 Å². The molecule has 4 heavy (non-hydrogen) atoms. The zero-order chi connectivity index (χ0) is 3.41. The first-order valence-corrected chi connectivity index (χ1v) is 5.20. The Hall–Kier alpha value is 0.675. The fourth-order valence-electron chi connectivity index (χ4n) is 0. The van der Waals surface area contributed by atoms with Crippen molar-refractivity contribution in [1.82, 2.24) is 0 Å². The molecule has 0 bridgehead atoms. The molecule has 0 rings (SSSR count). The zero-order valence-electron chi connectivity index (χ0n) is 3.70. The van der Waals surface area contributed by atoms with E-state index < -0.39 is 0 Å². The van der Waals surface area contributed by atoms with Crippen LogP contribution in [0, 0.1) is 0 Å². The van der Waals surface area contributed by atoms with Gasteiger partial charge in [-0.25, -0.2) is 0 Å². The molecule has 0 unspecified atom stereocenters. The minimum atomic E-state index is 0. The van der Waals surface area contributed by atoms with E-state index in [1.807, 2.05) is 6.08 Å². The van der Waals surface area contributed by atoms with Gasteiger partial charge in [-0.1, -0.05) is 0 Å². The molecule has 0 fully saturated rings. The van der Waals surface area contributed by atoms with E-state index in [4.69, 9.17) is 0 Å². The molecular weight excluding hydrogens is 237 g/mol. The van der Waals surface area contributed by atoms with E-state index in [0.717, 1.165) is 26.1 Å². The van der Waals surface area contributed by atoms with E-state index in [9.17, 15) is 0 Å². The van der Waals surface area contributed by atoms with Crippen LogP contribution in [0.1, 0.15) is 1.43 Å². The smallest absolute Gasteiger partial charge is 1.00 e. The topological polar surface area (TPSA) is 0 Å². The molecular formula is C3H6Hg-. The Morgan fingerprint density at radius 3 is 2.50 bits per heavy atom. The van der Waals surface area contributed by atoms with E-state index in [2.05, 4.69) is 6.58 Å². The van der Waals surface area contributed by atoms with E-state index in [-0.39, 0.29) is 1.43 Å². The first-order valence-electron chi connectivity index (χ1n) is 1.32. The predicted octanol–water partition coefficient (Wildman–Crippen LogP) is 1.25. The van der Waals surface area contributed by atoms with Gasteiger partial charge in [0.05, 0.1) is 0 Å². The Balaban J connectivity index is 0. The molecule has 0 spiro atoms. The fourth-order valence-corrected chi connectivity index (χ4v) is 0. The van der Waals surface area contributed by atoms with Crippen LogP contribution in [0.4, 0.5) is 0 Å². The monoisotopic (exact) mass is 244 g/mol. The van der Waals surface area contributed by atoms with Gasteiger partial charge in [0.1, 0.15) is 0 Å². The van der Waals surface area contributed by atoms with Crippen LogP contribution in [0.25, 0.3) is 0 Å². The average Bonchev–Trinajstić information content (AvgIpc) is 1.37. The molecule has 1 heteroatoms. The minimum absolute atomic E-state index is 0. The fraction of sp³-hybridized carbons (Fsp3) is 0.333. The second-order valence-corrected chi connectivity index (χ2v) is 2.82. The Kier molecular flexibility index (Phi) is 4.30. The van der Waals surface area contributed by atoms with E-state index >= 15 is 0 Å². The van der Waals surface area contributed by atoms with E-state index in [1.165, 1.54) is 3.93 Å². The third-order valence-corrected chi connectivity index (χ3v) is 1.79. The number of hydrogen-bond donors (Lipinski definition) is 0. The van der Waals surface area contributed by atoms with Gasteiger partial charge >= 0.3 is 42.7 Å². The number of rotatable bonds is 1. The quantitative estimate of drug-likeness (QED) is 0.480. The van der Waals surface area contributed by atoms with E-state index in [1.54, 1.807) is 0 Å². The first-order chi connectivity index (χ1) is 1.91. The van der Waals surface area contributed by atoms with Gasteiger partial charge < -0.3 is 1.43 Å². The van der Waals surface area contributed by atoms with Gasteiger partial charge in [-0.05, 0) is 0 Å². The molecule has 0 aliphatic rings. The average molecular weight is 243 g/mol. The molecule has 0 heterocycles. The molecule has 21 valence electrons. The predicted molar refractivity (Wildman–Crippen MR) is 16.1 cm³/mol. The SMILES string of the molecule is C=C[CH2][Hg].[H-]. The normalized spacial score (nSPS) is 6.50. The molecule has 0 aromatic heterocycles. The maximum atomic E-state index is 3.53. The molecule has 0 aliphatic heterocycles. The molecule has 0 nitrogen and oxygen atoms in total. The van der Waals surface area contributed by atoms with Gasteiger partial charge in [-0.15, -0.1) is 0 Å². The summed E-state index contributed by atoms with van der Waals surface area (Å²) in [6, 6.07) is 0. The van der Waals surface area contributed by atoms with Gasteiger partial charge in [0.2, 0.25) is 0 Å². The molecule has 0 saturated carbocycles. The van der Waals surface area contributed by atoms with Crippen LogP contribution in [0.3, 0.4) is 0 Å². The van der Waals surface area contributed by atoms with Crippen LogP contribution in [0.5, 0.6) is 0 Å². The van der Waals surface area contributed by atoms with E-state index in [0.29, 0.717) is 0 Å². The van der Waals surface area contributed by atoms with Crippen molar-refractivity contribution in [3.63, 3.8) is 0 Å². The zero-order valence-corrected chi connectivity index (χ0v) is 8.20. The summed E-state index contributed by atoms with van der Waals surface area (Å²) in [5.74, 6) is 0. The van der Waals surface area contributed by atoms with Crippen molar-refractivity contribution in [1.29, 1.82) is 0 Å². The molecule has 0 radical (unpaired) electrons. The van der Waals surface area contributed by atoms with Crippen molar-refractivity contribution >= 4 is 0 Å². The summed E-state index contributed by atoms with van der Waals surface area (Å²) < 4.78 is 1.28. The first kappa shape index (κ1) is 4.68. The van der Waals surface area contributed by atoms with Crippen molar-refractivity contribution in [3.8, 4) is 0 Å². The summed E-state index contributed by atoms with van der Waals surface area (Å²) in [6.07, 6.45) is 1.96. The van der Waals surface area contributed by atoms with Crippen molar-refractivity contribution < 1.29 is 27.5 Å². The maximum Gasteiger partial charge on any atom is -1.00 e.